The third-order valence-electron chi connectivity index (χ3n) is 2.36. The van der Waals surface area contributed by atoms with E-state index in [0.717, 1.165) is 5.56 Å². The maximum Gasteiger partial charge on any atom is 0.490 e. The Morgan fingerprint density at radius 2 is 1.70 bits per heavy atom. The monoisotopic (exact) mass is 340 g/mol. The van der Waals surface area contributed by atoms with Crippen LogP contribution in [-0.2, 0) is 16.0 Å². The molecule has 0 aliphatic rings. The van der Waals surface area contributed by atoms with Gasteiger partial charge in [-0.25, -0.2) is 9.18 Å². The Kier molecular flexibility index (Phi) is 8.81. The van der Waals surface area contributed by atoms with E-state index in [4.69, 9.17) is 20.7 Å². The number of aliphatic hydroxyl groups excluding tert-OH is 1. The fourth-order valence-corrected chi connectivity index (χ4v) is 1.28. The Morgan fingerprint density at radius 3 is 2.09 bits per heavy atom. The summed E-state index contributed by atoms with van der Waals surface area (Å²) < 4.78 is 44.3. The van der Waals surface area contributed by atoms with E-state index in [0.29, 0.717) is 6.42 Å². The number of hydrogen-bond acceptors (Lipinski definition) is 4. The Morgan fingerprint density at radius 1 is 1.22 bits per heavy atom. The molecule has 130 valence electrons. The summed E-state index contributed by atoms with van der Waals surface area (Å²) in [6.07, 6.45) is -4.74. The number of aliphatic carboxylic acids is 1. The van der Waals surface area contributed by atoms with Gasteiger partial charge >= 0.3 is 12.1 Å². The average Bonchev–Trinajstić information content (AvgIpc) is 2.46. The van der Waals surface area contributed by atoms with Crippen molar-refractivity contribution < 1.29 is 37.4 Å². The SMILES string of the molecule is NC(Cc1ccc(F)cc1)C(=O)NCCO.O=C(O)C(F)(F)F. The molecule has 23 heavy (non-hydrogen) atoms. The van der Waals surface area contributed by atoms with Gasteiger partial charge in [0.2, 0.25) is 5.91 Å². The standard InChI is InChI=1S/C11H15FN2O2.C2HF3O2/c12-9-3-1-8(2-4-9)7-10(13)11(16)14-5-6-15;3-2(4,5)1(6)7/h1-4,10,15H,5-7,13H2,(H,14,16);(H,6,7). The molecule has 1 atom stereocenters. The molecule has 0 bridgehead atoms. The Labute approximate surface area is 128 Å². The van der Waals surface area contributed by atoms with Crippen molar-refractivity contribution in [2.45, 2.75) is 18.6 Å². The van der Waals surface area contributed by atoms with Gasteiger partial charge in [0.05, 0.1) is 12.6 Å². The van der Waals surface area contributed by atoms with Gasteiger partial charge in [-0.05, 0) is 24.1 Å². The number of halogens is 4. The van der Waals surface area contributed by atoms with E-state index in [1.807, 2.05) is 0 Å². The number of amides is 1. The molecule has 0 saturated heterocycles. The fraction of sp³-hybridized carbons (Fsp3) is 0.385. The quantitative estimate of drug-likeness (QED) is 0.581. The number of nitrogens with one attached hydrogen (secondary N) is 1. The van der Waals surface area contributed by atoms with Crippen LogP contribution in [0.4, 0.5) is 17.6 Å². The van der Waals surface area contributed by atoms with Crippen LogP contribution in [0, 0.1) is 5.82 Å². The van der Waals surface area contributed by atoms with Gasteiger partial charge in [0.1, 0.15) is 5.82 Å². The van der Waals surface area contributed by atoms with Crippen LogP contribution in [-0.4, -0.2) is 47.5 Å². The van der Waals surface area contributed by atoms with Crippen molar-refractivity contribution in [1.29, 1.82) is 0 Å². The van der Waals surface area contributed by atoms with E-state index >= 15 is 0 Å². The maximum absolute atomic E-state index is 12.6. The summed E-state index contributed by atoms with van der Waals surface area (Å²) in [6, 6.07) is 5.15. The summed E-state index contributed by atoms with van der Waals surface area (Å²) in [6.45, 7) is 0.0744. The highest BCUT2D eigenvalue weighted by Crippen LogP contribution is 2.13. The number of carboxylic acids is 1. The first-order chi connectivity index (χ1) is 10.6. The highest BCUT2D eigenvalue weighted by Gasteiger charge is 2.38. The molecule has 1 unspecified atom stereocenters. The van der Waals surface area contributed by atoms with E-state index in [-0.39, 0.29) is 24.9 Å². The predicted molar refractivity (Wildman–Crippen MR) is 71.9 cm³/mol. The van der Waals surface area contributed by atoms with Gasteiger partial charge in [-0.15, -0.1) is 0 Å². The molecule has 5 N–H and O–H groups in total. The van der Waals surface area contributed by atoms with E-state index in [1.54, 1.807) is 12.1 Å². The van der Waals surface area contributed by atoms with Crippen LogP contribution in [0.2, 0.25) is 0 Å². The predicted octanol–water partition coefficient (Wildman–Crippen LogP) is 0.437. The number of hydrogen-bond donors (Lipinski definition) is 4. The molecule has 10 heteroatoms. The molecule has 0 fully saturated rings. The van der Waals surface area contributed by atoms with Crippen molar-refractivity contribution in [3.63, 3.8) is 0 Å². The van der Waals surface area contributed by atoms with E-state index < -0.39 is 18.2 Å². The largest absolute Gasteiger partial charge is 0.490 e. The highest BCUT2D eigenvalue weighted by atomic mass is 19.4. The molecule has 0 heterocycles. The first kappa shape index (κ1) is 20.8. The van der Waals surface area contributed by atoms with Crippen LogP contribution < -0.4 is 11.1 Å². The molecule has 1 amide bonds. The summed E-state index contributed by atoms with van der Waals surface area (Å²) in [5, 5.41) is 18.1. The van der Waals surface area contributed by atoms with Crippen molar-refractivity contribution >= 4 is 11.9 Å². The summed E-state index contributed by atoms with van der Waals surface area (Å²) in [5.74, 6) is -3.40. The van der Waals surface area contributed by atoms with Gasteiger partial charge in [0, 0.05) is 6.54 Å². The van der Waals surface area contributed by atoms with Crippen molar-refractivity contribution in [2.24, 2.45) is 5.73 Å². The molecule has 6 nitrogen and oxygen atoms in total. The molecule has 0 spiro atoms. The summed E-state index contributed by atoms with van der Waals surface area (Å²) in [5.41, 5.74) is 6.44. The van der Waals surface area contributed by atoms with Crippen molar-refractivity contribution in [2.75, 3.05) is 13.2 Å². The lowest BCUT2D eigenvalue weighted by Gasteiger charge is -2.11. The number of rotatable bonds is 5. The average molecular weight is 340 g/mol. The molecule has 1 aromatic carbocycles. The first-order valence-corrected chi connectivity index (χ1v) is 6.26. The number of aliphatic hydroxyl groups is 1. The second kappa shape index (κ2) is 9.74. The van der Waals surface area contributed by atoms with Crippen LogP contribution in [0.3, 0.4) is 0 Å². The fourth-order valence-electron chi connectivity index (χ4n) is 1.28. The minimum atomic E-state index is -5.08. The molecular weight excluding hydrogens is 324 g/mol. The second-order valence-electron chi connectivity index (χ2n) is 4.25. The van der Waals surface area contributed by atoms with Gasteiger partial charge in [0.25, 0.3) is 0 Å². The van der Waals surface area contributed by atoms with Crippen LogP contribution >= 0.6 is 0 Å². The number of nitrogens with two attached hydrogens (primary N) is 1. The number of carbonyl (C=O) groups excluding carboxylic acids is 1. The molecule has 0 radical (unpaired) electrons. The van der Waals surface area contributed by atoms with Crippen LogP contribution in [0.15, 0.2) is 24.3 Å². The zero-order chi connectivity index (χ0) is 18.0. The van der Waals surface area contributed by atoms with Crippen molar-refractivity contribution in [1.82, 2.24) is 5.32 Å². The molecule has 0 aromatic heterocycles. The smallest absolute Gasteiger partial charge is 0.475 e. The molecular formula is C13H16F4N2O4. The van der Waals surface area contributed by atoms with E-state index in [9.17, 15) is 22.4 Å². The lowest BCUT2D eigenvalue weighted by atomic mass is 10.1. The third-order valence-corrected chi connectivity index (χ3v) is 2.36. The zero-order valence-corrected chi connectivity index (χ0v) is 11.8. The topological polar surface area (TPSA) is 113 Å². The normalized spacial score (nSPS) is 11.9. The minimum absolute atomic E-state index is 0.116. The molecule has 0 aliphatic carbocycles. The molecule has 1 rings (SSSR count). The lowest BCUT2D eigenvalue weighted by Crippen LogP contribution is -2.42. The third kappa shape index (κ3) is 9.42. The number of carbonyl (C=O) groups is 2. The van der Waals surface area contributed by atoms with Crippen LogP contribution in [0.1, 0.15) is 5.56 Å². The van der Waals surface area contributed by atoms with Gasteiger partial charge < -0.3 is 21.3 Å². The molecule has 0 aliphatic heterocycles. The Hall–Kier alpha value is -2.20. The summed E-state index contributed by atoms with van der Waals surface area (Å²) in [4.78, 5) is 20.2. The van der Waals surface area contributed by atoms with Gasteiger partial charge in [0.15, 0.2) is 0 Å². The molecule has 0 saturated carbocycles. The van der Waals surface area contributed by atoms with Gasteiger partial charge in [-0.2, -0.15) is 13.2 Å². The first-order valence-electron chi connectivity index (χ1n) is 6.26. The highest BCUT2D eigenvalue weighted by molar-refractivity contribution is 5.81. The molecule has 1 aromatic rings. The van der Waals surface area contributed by atoms with E-state index in [1.165, 1.54) is 12.1 Å². The van der Waals surface area contributed by atoms with Gasteiger partial charge in [-0.1, -0.05) is 12.1 Å². The maximum atomic E-state index is 12.6. The van der Waals surface area contributed by atoms with Crippen LogP contribution in [0.5, 0.6) is 0 Å². The minimum Gasteiger partial charge on any atom is -0.475 e. The number of benzene rings is 1. The zero-order valence-electron chi connectivity index (χ0n) is 11.8. The lowest BCUT2D eigenvalue weighted by molar-refractivity contribution is -0.192. The summed E-state index contributed by atoms with van der Waals surface area (Å²) >= 11 is 0. The second-order valence-corrected chi connectivity index (χ2v) is 4.25. The Balaban J connectivity index is 0.000000585. The van der Waals surface area contributed by atoms with Crippen molar-refractivity contribution in [3.05, 3.63) is 35.6 Å². The van der Waals surface area contributed by atoms with E-state index in [2.05, 4.69) is 5.32 Å². The van der Waals surface area contributed by atoms with Crippen LogP contribution in [0.25, 0.3) is 0 Å². The summed E-state index contributed by atoms with van der Waals surface area (Å²) in [7, 11) is 0. The van der Waals surface area contributed by atoms with Gasteiger partial charge in [-0.3, -0.25) is 4.79 Å². The number of alkyl halides is 3. The Bertz CT molecular complexity index is 506. The number of carboxylic acid groups (broad SMARTS) is 1. The van der Waals surface area contributed by atoms with Crippen molar-refractivity contribution in [3.8, 4) is 0 Å².